The van der Waals surface area contributed by atoms with Crippen LogP contribution in [0.15, 0.2) is 12.3 Å². The molecule has 0 atom stereocenters. The van der Waals surface area contributed by atoms with E-state index in [9.17, 15) is 14.4 Å². The van der Waals surface area contributed by atoms with Gasteiger partial charge < -0.3 is 27.5 Å². The molecule has 0 aliphatic rings. The van der Waals surface area contributed by atoms with E-state index in [1.165, 1.54) is 21.3 Å². The summed E-state index contributed by atoms with van der Waals surface area (Å²) in [6, 6.07) is 0. The maximum Gasteiger partial charge on any atom is 0.734 e. The second kappa shape index (κ2) is 12.6. The Hall–Kier alpha value is -1.75. The van der Waals surface area contributed by atoms with Gasteiger partial charge in [0.1, 0.15) is 0 Å². The van der Waals surface area contributed by atoms with Crippen LogP contribution >= 0.6 is 0 Å². The first-order valence-corrected chi connectivity index (χ1v) is 8.99. The van der Waals surface area contributed by atoms with Crippen LogP contribution in [0, 0.1) is 0 Å². The Kier molecular flexibility index (Phi) is 11.7. The summed E-state index contributed by atoms with van der Waals surface area (Å²) in [6.45, 7) is 3.79. The molecule has 138 valence electrons. The van der Waals surface area contributed by atoms with Crippen molar-refractivity contribution in [2.24, 2.45) is 0 Å². The van der Waals surface area contributed by atoms with Gasteiger partial charge in [0.05, 0.1) is 39.1 Å². The summed E-state index contributed by atoms with van der Waals surface area (Å²) < 4.78 is 29.7. The third-order valence-corrected chi connectivity index (χ3v) is 4.59. The van der Waals surface area contributed by atoms with Gasteiger partial charge in [0, 0.05) is 27.0 Å². The van der Waals surface area contributed by atoms with E-state index in [1.807, 2.05) is 0 Å². The van der Waals surface area contributed by atoms with Crippen LogP contribution in [0.3, 0.4) is 0 Å². The number of hydrogen-bond donors (Lipinski definition) is 0. The maximum absolute atomic E-state index is 11.8. The van der Waals surface area contributed by atoms with E-state index in [0.29, 0.717) is 0 Å². The minimum Gasteiger partial charge on any atom is -0.452 e. The van der Waals surface area contributed by atoms with Crippen LogP contribution in [0.1, 0.15) is 19.3 Å². The first-order chi connectivity index (χ1) is 11.4. The molecule has 0 aliphatic heterocycles. The monoisotopic (exact) mass is 364 g/mol. The van der Waals surface area contributed by atoms with Crippen molar-refractivity contribution < 1.29 is 41.9 Å². The highest BCUT2D eigenvalue weighted by molar-refractivity contribution is 6.70. The van der Waals surface area contributed by atoms with Crippen molar-refractivity contribution in [2.45, 2.75) is 19.3 Å². The topological polar surface area (TPSA) is 107 Å². The fourth-order valence-electron chi connectivity index (χ4n) is 1.37. The van der Waals surface area contributed by atoms with E-state index >= 15 is 0 Å². The summed E-state index contributed by atoms with van der Waals surface area (Å²) in [7, 11) is 0.193. The molecule has 0 spiro atoms. The summed E-state index contributed by atoms with van der Waals surface area (Å²) in [5.74, 6) is -2.20. The molecule has 9 nitrogen and oxygen atoms in total. The smallest absolute Gasteiger partial charge is 0.452 e. The largest absolute Gasteiger partial charge is 0.734 e. The molecular formula is C14H24O9Si. The zero-order chi connectivity index (χ0) is 18.4. The van der Waals surface area contributed by atoms with Crippen LogP contribution in [0.4, 0.5) is 0 Å². The molecule has 0 N–H and O–H groups in total. The van der Waals surface area contributed by atoms with E-state index < -0.39 is 26.7 Å². The third-order valence-electron chi connectivity index (χ3n) is 2.55. The lowest BCUT2D eigenvalue weighted by Gasteiger charge is -2.24. The molecule has 0 unspecified atom stereocenters. The zero-order valence-corrected chi connectivity index (χ0v) is 15.2. The van der Waals surface area contributed by atoms with Gasteiger partial charge in [-0.3, -0.25) is 14.4 Å². The number of rotatable bonds is 13. The second-order valence-corrected chi connectivity index (χ2v) is 6.69. The summed E-state index contributed by atoms with van der Waals surface area (Å²) in [4.78, 5) is 35.5. The van der Waals surface area contributed by atoms with Gasteiger partial charge in [-0.15, -0.1) is 0 Å². The molecule has 0 aliphatic carbocycles. The molecule has 0 aromatic rings. The van der Waals surface area contributed by atoms with Crippen molar-refractivity contribution in [1.29, 1.82) is 0 Å². The molecule has 0 fully saturated rings. The van der Waals surface area contributed by atoms with Gasteiger partial charge in [0.25, 0.3) is 17.9 Å². The molecule has 0 radical (unpaired) electrons. The molecule has 0 saturated heterocycles. The predicted molar refractivity (Wildman–Crippen MR) is 83.7 cm³/mol. The molecule has 0 rings (SSSR count). The van der Waals surface area contributed by atoms with Crippen molar-refractivity contribution in [3.63, 3.8) is 0 Å². The average Bonchev–Trinajstić information content (AvgIpc) is 2.56. The normalized spacial score (nSPS) is 10.8. The van der Waals surface area contributed by atoms with Gasteiger partial charge in [-0.25, -0.2) is 0 Å². The molecule has 0 heterocycles. The molecule has 24 heavy (non-hydrogen) atoms. The Morgan fingerprint density at radius 2 is 1.04 bits per heavy atom. The maximum atomic E-state index is 11.8. The zero-order valence-electron chi connectivity index (χ0n) is 14.2. The summed E-state index contributed by atoms with van der Waals surface area (Å²) in [5, 5.41) is 0. The second-order valence-electron chi connectivity index (χ2n) is 4.46. The molecular weight excluding hydrogens is 340 g/mol. The van der Waals surface area contributed by atoms with Gasteiger partial charge in [0.2, 0.25) is 0 Å². The van der Waals surface area contributed by atoms with Gasteiger partial charge in [0.15, 0.2) is 0 Å². The summed E-state index contributed by atoms with van der Waals surface area (Å²) in [5.41, 5.74) is 1.05. The van der Waals surface area contributed by atoms with Crippen molar-refractivity contribution in [2.75, 3.05) is 41.2 Å². The highest BCUT2D eigenvalue weighted by Gasteiger charge is 2.50. The van der Waals surface area contributed by atoms with E-state index in [0.717, 1.165) is 5.70 Å². The average molecular weight is 364 g/mol. The lowest BCUT2D eigenvalue weighted by Crippen LogP contribution is -2.49. The third kappa shape index (κ3) is 9.40. The van der Waals surface area contributed by atoms with Crippen LogP contribution in [-0.4, -0.2) is 67.9 Å². The fourth-order valence-corrected chi connectivity index (χ4v) is 3.01. The minimum absolute atomic E-state index is 0.0929. The van der Waals surface area contributed by atoms with Crippen molar-refractivity contribution in [1.82, 2.24) is 0 Å². The number of carbonyl (C=O) groups excluding carboxylic acids is 3. The van der Waals surface area contributed by atoms with Crippen LogP contribution in [0.25, 0.3) is 0 Å². The molecule has 0 bridgehead atoms. The number of hydrogen-bond acceptors (Lipinski definition) is 9. The Morgan fingerprint density at radius 3 is 1.25 bits per heavy atom. The van der Waals surface area contributed by atoms with Crippen LogP contribution in [0.5, 0.6) is 0 Å². The first-order valence-electron chi connectivity index (χ1n) is 7.19. The Labute approximate surface area is 142 Å². The van der Waals surface area contributed by atoms with Gasteiger partial charge in [-0.1, -0.05) is 6.58 Å². The van der Waals surface area contributed by atoms with Gasteiger partial charge >= 0.3 is 8.80 Å². The van der Waals surface area contributed by atoms with E-state index in [-0.39, 0.29) is 39.1 Å². The molecule has 0 saturated carbocycles. The minimum atomic E-state index is -4.06. The number of ether oxygens (including phenoxy) is 3. The van der Waals surface area contributed by atoms with E-state index in [4.69, 9.17) is 27.5 Å². The van der Waals surface area contributed by atoms with Crippen molar-refractivity contribution >= 4 is 26.7 Å². The summed E-state index contributed by atoms with van der Waals surface area (Å²) >= 11 is 0. The standard InChI is InChI=1S/C14H24O9Si/c1-5-24(21-12(15)6-9-18-2,22-13(16)7-10-19-3)23-14(17)8-11-20-4/h5H,1,6-11H2,2-4H3. The lowest BCUT2D eigenvalue weighted by molar-refractivity contribution is -0.150. The highest BCUT2D eigenvalue weighted by Crippen LogP contribution is 2.15. The molecule has 0 amide bonds. The van der Waals surface area contributed by atoms with Gasteiger partial charge in [-0.05, 0) is 0 Å². The lowest BCUT2D eigenvalue weighted by atomic mass is 10.5. The van der Waals surface area contributed by atoms with Crippen LogP contribution in [0.2, 0.25) is 0 Å². The molecule has 0 aromatic heterocycles. The van der Waals surface area contributed by atoms with E-state index in [1.54, 1.807) is 0 Å². The fraction of sp³-hybridized carbons (Fsp3) is 0.643. The first kappa shape index (κ1) is 22.2. The SMILES string of the molecule is C=C[Si](OC(=O)CCOC)(OC(=O)CCOC)OC(=O)CCOC. The quantitative estimate of drug-likeness (QED) is 0.429. The van der Waals surface area contributed by atoms with Crippen molar-refractivity contribution in [3.05, 3.63) is 12.3 Å². The molecule has 0 aromatic carbocycles. The Bertz CT molecular complexity index is 369. The van der Waals surface area contributed by atoms with E-state index in [2.05, 4.69) is 6.58 Å². The number of methoxy groups -OCH3 is 3. The van der Waals surface area contributed by atoms with Crippen LogP contribution in [-0.2, 0) is 41.9 Å². The predicted octanol–water partition coefficient (Wildman–Crippen LogP) is 0.390. The highest BCUT2D eigenvalue weighted by atomic mass is 28.4. The molecule has 10 heteroatoms. The number of carbonyl (C=O) groups is 3. The van der Waals surface area contributed by atoms with Crippen LogP contribution < -0.4 is 0 Å². The van der Waals surface area contributed by atoms with Crippen molar-refractivity contribution in [3.8, 4) is 0 Å². The Balaban J connectivity index is 5.04. The summed E-state index contributed by atoms with van der Waals surface area (Å²) in [6.07, 6.45) is -0.279. The Morgan fingerprint density at radius 1 is 0.750 bits per heavy atom. The van der Waals surface area contributed by atoms with Gasteiger partial charge in [-0.2, -0.15) is 0 Å².